The Morgan fingerprint density at radius 1 is 1.00 bits per heavy atom. The Morgan fingerprint density at radius 3 is 2.47 bits per heavy atom. The minimum Gasteiger partial charge on any atom is -0.487 e. The molecule has 1 N–H and O–H groups in total. The molecule has 0 unspecified atom stereocenters. The van der Waals surface area contributed by atoms with Gasteiger partial charge in [0.2, 0.25) is 10.0 Å². The highest BCUT2D eigenvalue weighted by atomic mass is 35.5. The van der Waals surface area contributed by atoms with E-state index in [-0.39, 0.29) is 6.61 Å². The minimum atomic E-state index is -3.49. The standard InChI is InChI=1S/C22H19ClN4O4S/c1-32(28,29)25-21-12-9-18(13-22(21)31-20-5-3-2-4-6-20)27-14-17(24-26-27)15-30-19-10-7-16(23)8-11-19/h2-14,25H,15H2,1H3. The SMILES string of the molecule is CS(=O)(=O)Nc1ccc(-n2cc(COc3ccc(Cl)cc3)nn2)cc1Oc1ccccc1. The highest BCUT2D eigenvalue weighted by Gasteiger charge is 2.13. The molecule has 1 aromatic heterocycles. The zero-order chi connectivity index (χ0) is 22.6. The molecule has 3 aromatic carbocycles. The fourth-order valence-electron chi connectivity index (χ4n) is 2.82. The molecular weight excluding hydrogens is 452 g/mol. The van der Waals surface area contributed by atoms with E-state index in [0.717, 1.165) is 6.26 Å². The van der Waals surface area contributed by atoms with Crippen LogP contribution in [-0.4, -0.2) is 29.7 Å². The van der Waals surface area contributed by atoms with Gasteiger partial charge in [0.25, 0.3) is 0 Å². The van der Waals surface area contributed by atoms with E-state index < -0.39 is 10.0 Å². The van der Waals surface area contributed by atoms with Crippen molar-refractivity contribution in [3.05, 3.63) is 89.7 Å². The molecule has 0 spiro atoms. The van der Waals surface area contributed by atoms with Crippen molar-refractivity contribution in [3.63, 3.8) is 0 Å². The summed E-state index contributed by atoms with van der Waals surface area (Å²) >= 11 is 5.88. The maximum Gasteiger partial charge on any atom is 0.229 e. The molecule has 4 rings (SSSR count). The summed E-state index contributed by atoms with van der Waals surface area (Å²) in [5.74, 6) is 1.56. The number of halogens is 1. The first-order valence-corrected chi connectivity index (χ1v) is 11.8. The number of rotatable bonds is 8. The minimum absolute atomic E-state index is 0.225. The molecule has 4 aromatic rings. The Labute approximate surface area is 190 Å². The smallest absolute Gasteiger partial charge is 0.229 e. The van der Waals surface area contributed by atoms with Crippen LogP contribution >= 0.6 is 11.6 Å². The van der Waals surface area contributed by atoms with Gasteiger partial charge in [-0.15, -0.1) is 5.10 Å². The normalized spacial score (nSPS) is 11.2. The van der Waals surface area contributed by atoms with Crippen LogP contribution < -0.4 is 14.2 Å². The van der Waals surface area contributed by atoms with Crippen molar-refractivity contribution in [2.45, 2.75) is 6.61 Å². The molecule has 10 heteroatoms. The highest BCUT2D eigenvalue weighted by molar-refractivity contribution is 7.92. The lowest BCUT2D eigenvalue weighted by Gasteiger charge is -2.13. The lowest BCUT2D eigenvalue weighted by atomic mass is 10.2. The van der Waals surface area contributed by atoms with Gasteiger partial charge in [0.1, 0.15) is 23.8 Å². The molecule has 0 amide bonds. The van der Waals surface area contributed by atoms with E-state index in [4.69, 9.17) is 21.1 Å². The van der Waals surface area contributed by atoms with Crippen molar-refractivity contribution in [2.75, 3.05) is 11.0 Å². The van der Waals surface area contributed by atoms with Crippen LogP contribution in [0.5, 0.6) is 17.2 Å². The fraction of sp³-hybridized carbons (Fsp3) is 0.0909. The maximum atomic E-state index is 11.8. The van der Waals surface area contributed by atoms with E-state index in [2.05, 4.69) is 15.0 Å². The van der Waals surface area contributed by atoms with Gasteiger partial charge in [-0.2, -0.15) is 0 Å². The van der Waals surface area contributed by atoms with Gasteiger partial charge < -0.3 is 9.47 Å². The number of para-hydroxylation sites is 1. The number of ether oxygens (including phenoxy) is 2. The number of sulfonamides is 1. The molecule has 0 saturated carbocycles. The third-order valence-electron chi connectivity index (χ3n) is 4.24. The molecule has 0 atom stereocenters. The molecular formula is C22H19ClN4O4S. The summed E-state index contributed by atoms with van der Waals surface area (Å²) in [6.07, 6.45) is 2.80. The first kappa shape index (κ1) is 21.7. The van der Waals surface area contributed by atoms with Gasteiger partial charge >= 0.3 is 0 Å². The molecule has 0 radical (unpaired) electrons. The maximum absolute atomic E-state index is 11.8. The monoisotopic (exact) mass is 470 g/mol. The van der Waals surface area contributed by atoms with Crippen molar-refractivity contribution in [1.29, 1.82) is 0 Å². The van der Waals surface area contributed by atoms with Crippen LogP contribution in [0.3, 0.4) is 0 Å². The summed E-state index contributed by atoms with van der Waals surface area (Å²) in [5, 5.41) is 8.90. The van der Waals surface area contributed by atoms with E-state index in [0.29, 0.717) is 39.3 Å². The second-order valence-corrected chi connectivity index (χ2v) is 9.05. The molecule has 32 heavy (non-hydrogen) atoms. The van der Waals surface area contributed by atoms with Crippen LogP contribution in [0.15, 0.2) is 79.0 Å². The quantitative estimate of drug-likeness (QED) is 0.402. The van der Waals surface area contributed by atoms with Gasteiger partial charge in [-0.1, -0.05) is 35.0 Å². The number of aromatic nitrogens is 3. The Hall–Kier alpha value is -3.56. The first-order valence-electron chi connectivity index (χ1n) is 9.50. The van der Waals surface area contributed by atoms with Crippen molar-refractivity contribution < 1.29 is 17.9 Å². The number of hydrogen-bond donors (Lipinski definition) is 1. The van der Waals surface area contributed by atoms with Crippen LogP contribution in [-0.2, 0) is 16.6 Å². The van der Waals surface area contributed by atoms with Gasteiger partial charge in [-0.25, -0.2) is 13.1 Å². The van der Waals surface area contributed by atoms with Gasteiger partial charge in [0.05, 0.1) is 23.8 Å². The summed E-state index contributed by atoms with van der Waals surface area (Å²) in [5.41, 5.74) is 1.57. The predicted octanol–water partition coefficient (Wildman–Crippen LogP) is 4.66. The lowest BCUT2D eigenvalue weighted by Crippen LogP contribution is -2.10. The zero-order valence-electron chi connectivity index (χ0n) is 17.0. The Morgan fingerprint density at radius 2 is 1.75 bits per heavy atom. The second kappa shape index (κ2) is 9.29. The number of benzene rings is 3. The average Bonchev–Trinajstić information content (AvgIpc) is 3.23. The number of anilines is 1. The fourth-order valence-corrected chi connectivity index (χ4v) is 3.51. The lowest BCUT2D eigenvalue weighted by molar-refractivity contribution is 0.301. The van der Waals surface area contributed by atoms with Crippen LogP contribution in [0.1, 0.15) is 5.69 Å². The molecule has 0 fully saturated rings. The number of hydrogen-bond acceptors (Lipinski definition) is 6. The number of nitrogens with zero attached hydrogens (tertiary/aromatic N) is 3. The van der Waals surface area contributed by atoms with Crippen LogP contribution in [0, 0.1) is 0 Å². The molecule has 0 aliphatic rings. The summed E-state index contributed by atoms with van der Waals surface area (Å²) < 4.78 is 39.2. The second-order valence-electron chi connectivity index (χ2n) is 6.87. The topological polar surface area (TPSA) is 95.3 Å². The van der Waals surface area contributed by atoms with Crippen molar-refractivity contribution in [3.8, 4) is 22.9 Å². The molecule has 0 aliphatic heterocycles. The van der Waals surface area contributed by atoms with Gasteiger partial charge in [-0.05, 0) is 48.5 Å². The summed E-state index contributed by atoms with van der Waals surface area (Å²) in [4.78, 5) is 0. The van der Waals surface area contributed by atoms with Crippen molar-refractivity contribution in [1.82, 2.24) is 15.0 Å². The summed E-state index contributed by atoms with van der Waals surface area (Å²) in [7, 11) is -3.49. The van der Waals surface area contributed by atoms with E-state index in [1.54, 1.807) is 65.5 Å². The molecule has 0 aliphatic carbocycles. The third-order valence-corrected chi connectivity index (χ3v) is 5.08. The van der Waals surface area contributed by atoms with Gasteiger partial charge in [-0.3, -0.25) is 4.72 Å². The van der Waals surface area contributed by atoms with E-state index in [1.165, 1.54) is 0 Å². The van der Waals surface area contributed by atoms with E-state index >= 15 is 0 Å². The highest BCUT2D eigenvalue weighted by Crippen LogP contribution is 2.32. The molecule has 0 bridgehead atoms. The summed E-state index contributed by atoms with van der Waals surface area (Å²) in [6.45, 7) is 0.225. The van der Waals surface area contributed by atoms with Crippen LogP contribution in [0.25, 0.3) is 5.69 Å². The Balaban J connectivity index is 1.56. The largest absolute Gasteiger partial charge is 0.487 e. The zero-order valence-corrected chi connectivity index (χ0v) is 18.5. The van der Waals surface area contributed by atoms with Crippen molar-refractivity contribution in [2.24, 2.45) is 0 Å². The molecule has 0 saturated heterocycles. The van der Waals surface area contributed by atoms with Gasteiger partial charge in [0, 0.05) is 11.1 Å². The molecule has 1 heterocycles. The third kappa shape index (κ3) is 5.77. The average molecular weight is 471 g/mol. The summed E-state index contributed by atoms with van der Waals surface area (Å²) in [6, 6.07) is 21.1. The predicted molar refractivity (Wildman–Crippen MR) is 122 cm³/mol. The van der Waals surface area contributed by atoms with Crippen LogP contribution in [0.2, 0.25) is 5.02 Å². The van der Waals surface area contributed by atoms with E-state index in [1.807, 2.05) is 18.2 Å². The van der Waals surface area contributed by atoms with Gasteiger partial charge in [0.15, 0.2) is 5.75 Å². The Kier molecular flexibility index (Phi) is 6.29. The number of nitrogens with one attached hydrogen (secondary N) is 1. The molecule has 8 nitrogen and oxygen atoms in total. The molecule has 164 valence electrons. The first-order chi connectivity index (χ1) is 15.4. The van der Waals surface area contributed by atoms with Crippen molar-refractivity contribution >= 4 is 27.3 Å². The Bertz CT molecular complexity index is 1310. The van der Waals surface area contributed by atoms with Crippen LogP contribution in [0.4, 0.5) is 5.69 Å². The van der Waals surface area contributed by atoms with E-state index in [9.17, 15) is 8.42 Å².